The van der Waals surface area contributed by atoms with Gasteiger partial charge in [0.15, 0.2) is 0 Å². The van der Waals surface area contributed by atoms with Gasteiger partial charge in [-0.1, -0.05) is 26.0 Å². The van der Waals surface area contributed by atoms with Crippen molar-refractivity contribution in [3.63, 3.8) is 0 Å². The van der Waals surface area contributed by atoms with E-state index in [0.29, 0.717) is 5.75 Å². The number of rotatable bonds is 3. The fourth-order valence-corrected chi connectivity index (χ4v) is 1.09. The van der Waals surface area contributed by atoms with E-state index in [4.69, 9.17) is 5.11 Å². The van der Waals surface area contributed by atoms with E-state index in [2.05, 4.69) is 13.8 Å². The van der Waals surface area contributed by atoms with Gasteiger partial charge in [0, 0.05) is 0 Å². The third-order valence-corrected chi connectivity index (χ3v) is 2.05. The molecule has 0 fully saturated rings. The van der Waals surface area contributed by atoms with E-state index in [-0.39, 0.29) is 0 Å². The largest absolute Gasteiger partial charge is 0.508 e. The third kappa shape index (κ3) is 2.57. The molecule has 1 N–H and O–H groups in total. The molecule has 0 atom stereocenters. The van der Waals surface area contributed by atoms with Crippen molar-refractivity contribution in [1.29, 1.82) is 0 Å². The minimum atomic E-state index is 0.341. The van der Waals surface area contributed by atoms with E-state index in [1.165, 1.54) is 11.5 Å². The molecule has 0 aliphatic rings. The Morgan fingerprint density at radius 2 is 1.83 bits per heavy atom. The molecule has 1 radical (unpaired) electrons. The zero-order valence-corrected chi connectivity index (χ0v) is 7.67. The Bertz CT molecular complexity index is 225. The normalized spacial score (nSPS) is 10.6. The Balaban J connectivity index is 2.58. The summed E-state index contributed by atoms with van der Waals surface area (Å²) in [7, 11) is 0. The summed E-state index contributed by atoms with van der Waals surface area (Å²) in [5, 5.41) is 9.04. The van der Waals surface area contributed by atoms with Gasteiger partial charge in [0.2, 0.25) is 0 Å². The van der Waals surface area contributed by atoms with Crippen molar-refractivity contribution in [2.75, 3.05) is 0 Å². The molecule has 0 aliphatic heterocycles. The number of hydrogen-bond donors (Lipinski definition) is 1. The van der Waals surface area contributed by atoms with Crippen molar-refractivity contribution in [3.8, 4) is 5.75 Å². The lowest BCUT2D eigenvalue weighted by atomic mass is 9.99. The number of hydrogen-bond acceptors (Lipinski definition) is 1. The minimum Gasteiger partial charge on any atom is -0.508 e. The van der Waals surface area contributed by atoms with Gasteiger partial charge >= 0.3 is 0 Å². The fourth-order valence-electron chi connectivity index (χ4n) is 1.09. The van der Waals surface area contributed by atoms with Gasteiger partial charge in [-0.25, -0.2) is 0 Å². The van der Waals surface area contributed by atoms with Gasteiger partial charge < -0.3 is 5.11 Å². The summed E-state index contributed by atoms with van der Waals surface area (Å²) in [6, 6.07) is 7.40. The molecule has 1 aromatic rings. The first-order valence-electron chi connectivity index (χ1n) is 4.31. The second-order valence-corrected chi connectivity index (χ2v) is 3.15. The maximum Gasteiger partial charge on any atom is 0.115 e. The summed E-state index contributed by atoms with van der Waals surface area (Å²) >= 11 is 0. The Labute approximate surface area is 74.1 Å². The lowest BCUT2D eigenvalue weighted by molar-refractivity contribution is 0.475. The quantitative estimate of drug-likeness (QED) is 0.726. The van der Waals surface area contributed by atoms with Crippen molar-refractivity contribution in [1.82, 2.24) is 0 Å². The van der Waals surface area contributed by atoms with Crippen molar-refractivity contribution in [3.05, 3.63) is 35.7 Å². The van der Waals surface area contributed by atoms with Crippen molar-refractivity contribution < 1.29 is 5.11 Å². The van der Waals surface area contributed by atoms with Crippen molar-refractivity contribution in [2.45, 2.75) is 26.7 Å². The summed E-state index contributed by atoms with van der Waals surface area (Å²) in [6.07, 6.45) is 2.15. The second-order valence-electron chi connectivity index (χ2n) is 3.15. The zero-order chi connectivity index (χ0) is 8.97. The monoisotopic (exact) mass is 163 g/mol. The van der Waals surface area contributed by atoms with Crippen LogP contribution < -0.4 is 0 Å². The highest BCUT2D eigenvalue weighted by Crippen LogP contribution is 2.15. The first kappa shape index (κ1) is 9.11. The highest BCUT2D eigenvalue weighted by Gasteiger charge is 2.00. The van der Waals surface area contributed by atoms with Gasteiger partial charge in [0.05, 0.1) is 0 Å². The van der Waals surface area contributed by atoms with E-state index in [0.717, 1.165) is 12.8 Å². The van der Waals surface area contributed by atoms with Crippen molar-refractivity contribution in [2.24, 2.45) is 0 Å². The van der Waals surface area contributed by atoms with Crippen molar-refractivity contribution >= 4 is 0 Å². The van der Waals surface area contributed by atoms with Crippen LogP contribution in [0.1, 0.15) is 25.8 Å². The van der Waals surface area contributed by atoms with Crippen LogP contribution in [-0.2, 0) is 6.42 Å². The highest BCUT2D eigenvalue weighted by molar-refractivity contribution is 5.27. The Morgan fingerprint density at radius 1 is 1.25 bits per heavy atom. The van der Waals surface area contributed by atoms with Gasteiger partial charge in [-0.2, -0.15) is 0 Å². The Hall–Kier alpha value is -0.980. The van der Waals surface area contributed by atoms with Crippen LogP contribution in [0.2, 0.25) is 0 Å². The molecule has 0 unspecified atom stereocenters. The molecule has 0 spiro atoms. The van der Waals surface area contributed by atoms with Crippen LogP contribution in [0.4, 0.5) is 0 Å². The number of phenolic OH excluding ortho intramolecular Hbond substituents is 1. The first-order valence-corrected chi connectivity index (χ1v) is 4.31. The van der Waals surface area contributed by atoms with Crippen LogP contribution in [0, 0.1) is 5.92 Å². The van der Waals surface area contributed by atoms with E-state index in [9.17, 15) is 0 Å². The molecule has 0 amide bonds. The average molecular weight is 163 g/mol. The predicted octanol–water partition coefficient (Wildman–Crippen LogP) is 2.94. The summed E-state index contributed by atoms with van der Waals surface area (Å²) in [4.78, 5) is 0. The topological polar surface area (TPSA) is 20.2 Å². The summed E-state index contributed by atoms with van der Waals surface area (Å²) in [5.74, 6) is 1.81. The number of phenols is 1. The highest BCUT2D eigenvalue weighted by atomic mass is 16.3. The lowest BCUT2D eigenvalue weighted by Crippen LogP contribution is -1.94. The number of aromatic hydroxyl groups is 1. The SMILES string of the molecule is CC[C](C)Cc1ccc(O)cc1. The minimum absolute atomic E-state index is 0.341. The molecular formula is C11H15O. The van der Waals surface area contributed by atoms with E-state index in [1.807, 2.05) is 12.1 Å². The molecule has 1 aromatic carbocycles. The lowest BCUT2D eigenvalue weighted by Gasteiger charge is -2.06. The summed E-state index contributed by atoms with van der Waals surface area (Å²) in [6.45, 7) is 4.32. The molecule has 12 heavy (non-hydrogen) atoms. The summed E-state index contributed by atoms with van der Waals surface area (Å²) < 4.78 is 0. The first-order chi connectivity index (χ1) is 5.72. The third-order valence-electron chi connectivity index (χ3n) is 2.05. The van der Waals surface area contributed by atoms with E-state index in [1.54, 1.807) is 12.1 Å². The maximum absolute atomic E-state index is 9.04. The predicted molar refractivity (Wildman–Crippen MR) is 51.0 cm³/mol. The molecule has 0 aliphatic carbocycles. The van der Waals surface area contributed by atoms with Crippen LogP contribution in [0.5, 0.6) is 5.75 Å². The van der Waals surface area contributed by atoms with Crippen LogP contribution in [0.25, 0.3) is 0 Å². The van der Waals surface area contributed by atoms with E-state index < -0.39 is 0 Å². The Kier molecular flexibility index (Phi) is 3.15. The van der Waals surface area contributed by atoms with Crippen LogP contribution in [-0.4, -0.2) is 5.11 Å². The zero-order valence-electron chi connectivity index (χ0n) is 7.67. The standard InChI is InChI=1S/C11H15O/c1-3-9(2)8-10-4-6-11(12)7-5-10/h4-7,12H,3,8H2,1-2H3. The summed E-state index contributed by atoms with van der Waals surface area (Å²) in [5.41, 5.74) is 1.27. The van der Waals surface area contributed by atoms with Crippen LogP contribution >= 0.6 is 0 Å². The van der Waals surface area contributed by atoms with Crippen LogP contribution in [0.15, 0.2) is 24.3 Å². The molecule has 65 valence electrons. The number of benzene rings is 1. The molecule has 1 rings (SSSR count). The molecule has 0 saturated heterocycles. The molecule has 0 heterocycles. The maximum atomic E-state index is 9.04. The molecule has 0 saturated carbocycles. The van der Waals surface area contributed by atoms with Gasteiger partial charge in [0.1, 0.15) is 5.75 Å². The van der Waals surface area contributed by atoms with Crippen LogP contribution in [0.3, 0.4) is 0 Å². The molecule has 1 heteroatoms. The molecule has 0 aromatic heterocycles. The average Bonchev–Trinajstić information content (AvgIpc) is 2.09. The van der Waals surface area contributed by atoms with Gasteiger partial charge in [-0.3, -0.25) is 0 Å². The van der Waals surface area contributed by atoms with E-state index >= 15 is 0 Å². The fraction of sp³-hybridized carbons (Fsp3) is 0.364. The van der Waals surface area contributed by atoms with Gasteiger partial charge in [-0.15, -0.1) is 0 Å². The Morgan fingerprint density at radius 3 is 2.33 bits per heavy atom. The molecule has 0 bridgehead atoms. The molecular weight excluding hydrogens is 148 g/mol. The smallest absolute Gasteiger partial charge is 0.115 e. The second kappa shape index (κ2) is 4.15. The van der Waals surface area contributed by atoms with Gasteiger partial charge in [0.25, 0.3) is 0 Å². The molecule has 1 nitrogen and oxygen atoms in total. The van der Waals surface area contributed by atoms with Gasteiger partial charge in [-0.05, 0) is 36.5 Å².